The van der Waals surface area contributed by atoms with E-state index in [1.165, 1.54) is 6.20 Å². The third kappa shape index (κ3) is 4.25. The highest BCUT2D eigenvalue weighted by molar-refractivity contribution is 5.96. The van der Waals surface area contributed by atoms with E-state index in [2.05, 4.69) is 15.6 Å². The third-order valence-electron chi connectivity index (χ3n) is 4.51. The zero-order valence-electron chi connectivity index (χ0n) is 14.4. The Hall–Kier alpha value is -2.77. The van der Waals surface area contributed by atoms with Gasteiger partial charge in [-0.3, -0.25) is 14.6 Å². The standard InChI is InChI=1S/C19H22N4O3/c20-17(24)16-8-15(9-22-10-16)13-3-1-4-14(7-13)18(25)23-12-19(26)5-2-6-21-11-19/h1,3-4,7-10,21,26H,2,5-6,11-12H2,(H2,20,24)(H,23,25)/t19-/m0/s1. The number of pyridine rings is 1. The Morgan fingerprint density at radius 1 is 1.23 bits per heavy atom. The summed E-state index contributed by atoms with van der Waals surface area (Å²) in [6.45, 7) is 1.55. The number of piperidine rings is 1. The van der Waals surface area contributed by atoms with E-state index in [1.807, 2.05) is 6.07 Å². The smallest absolute Gasteiger partial charge is 0.251 e. The van der Waals surface area contributed by atoms with Crippen LogP contribution in [0.15, 0.2) is 42.7 Å². The molecule has 1 aliphatic rings. The van der Waals surface area contributed by atoms with Crippen molar-refractivity contribution in [1.29, 1.82) is 0 Å². The van der Waals surface area contributed by atoms with E-state index in [4.69, 9.17) is 5.73 Å². The number of rotatable bonds is 5. The molecule has 2 heterocycles. The molecule has 1 fully saturated rings. The van der Waals surface area contributed by atoms with Crippen molar-refractivity contribution >= 4 is 11.8 Å². The molecule has 5 N–H and O–H groups in total. The van der Waals surface area contributed by atoms with Crippen molar-refractivity contribution < 1.29 is 14.7 Å². The summed E-state index contributed by atoms with van der Waals surface area (Å²) in [5, 5.41) is 16.4. The highest BCUT2D eigenvalue weighted by Crippen LogP contribution is 2.21. The number of benzene rings is 1. The van der Waals surface area contributed by atoms with Gasteiger partial charge >= 0.3 is 0 Å². The predicted octanol–water partition coefficient (Wildman–Crippen LogP) is 0.692. The van der Waals surface area contributed by atoms with Crippen LogP contribution in [0.5, 0.6) is 0 Å². The molecule has 136 valence electrons. The highest BCUT2D eigenvalue weighted by atomic mass is 16.3. The number of hydrogen-bond donors (Lipinski definition) is 4. The number of primary amides is 1. The first-order valence-corrected chi connectivity index (χ1v) is 8.53. The quantitative estimate of drug-likeness (QED) is 0.630. The van der Waals surface area contributed by atoms with Gasteiger partial charge < -0.3 is 21.5 Å². The van der Waals surface area contributed by atoms with Crippen LogP contribution < -0.4 is 16.4 Å². The Bertz CT molecular complexity index is 816. The topological polar surface area (TPSA) is 117 Å². The molecule has 0 unspecified atom stereocenters. The largest absolute Gasteiger partial charge is 0.387 e. The van der Waals surface area contributed by atoms with E-state index in [-0.39, 0.29) is 12.5 Å². The average molecular weight is 354 g/mol. The number of carbonyl (C=O) groups excluding carboxylic acids is 2. The lowest BCUT2D eigenvalue weighted by atomic mass is 9.94. The molecule has 0 radical (unpaired) electrons. The number of carbonyl (C=O) groups is 2. The van der Waals surface area contributed by atoms with Crippen molar-refractivity contribution in [3.63, 3.8) is 0 Å². The Morgan fingerprint density at radius 2 is 2.04 bits per heavy atom. The molecule has 0 aliphatic carbocycles. The van der Waals surface area contributed by atoms with Gasteiger partial charge in [0.1, 0.15) is 0 Å². The van der Waals surface area contributed by atoms with Crippen molar-refractivity contribution in [2.75, 3.05) is 19.6 Å². The van der Waals surface area contributed by atoms with Gasteiger partial charge in [0.15, 0.2) is 0 Å². The van der Waals surface area contributed by atoms with Crippen LogP contribution in [0, 0.1) is 0 Å². The molecule has 1 atom stereocenters. The highest BCUT2D eigenvalue weighted by Gasteiger charge is 2.29. The SMILES string of the molecule is NC(=O)c1cncc(-c2cccc(C(=O)NC[C@]3(O)CCCNC3)c2)c1. The van der Waals surface area contributed by atoms with E-state index in [1.54, 1.807) is 30.5 Å². The molecule has 3 rings (SSSR count). The third-order valence-corrected chi connectivity index (χ3v) is 4.51. The number of amides is 2. The van der Waals surface area contributed by atoms with Gasteiger partial charge in [-0.2, -0.15) is 0 Å². The van der Waals surface area contributed by atoms with Crippen molar-refractivity contribution in [2.24, 2.45) is 5.73 Å². The van der Waals surface area contributed by atoms with Gasteiger partial charge in [-0.15, -0.1) is 0 Å². The lowest BCUT2D eigenvalue weighted by Crippen LogP contribution is -2.52. The fourth-order valence-electron chi connectivity index (χ4n) is 3.02. The second-order valence-corrected chi connectivity index (χ2v) is 6.59. The number of nitrogens with two attached hydrogens (primary N) is 1. The van der Waals surface area contributed by atoms with Gasteiger partial charge in [0.25, 0.3) is 5.91 Å². The molecule has 2 aromatic rings. The van der Waals surface area contributed by atoms with Gasteiger partial charge in [-0.25, -0.2) is 0 Å². The number of nitrogens with one attached hydrogen (secondary N) is 2. The van der Waals surface area contributed by atoms with Crippen LogP contribution in [0.25, 0.3) is 11.1 Å². The van der Waals surface area contributed by atoms with E-state index < -0.39 is 11.5 Å². The van der Waals surface area contributed by atoms with Crippen LogP contribution in [0.3, 0.4) is 0 Å². The fraction of sp³-hybridized carbons (Fsp3) is 0.316. The van der Waals surface area contributed by atoms with E-state index >= 15 is 0 Å². The fourth-order valence-corrected chi connectivity index (χ4v) is 3.02. The molecule has 0 spiro atoms. The summed E-state index contributed by atoms with van der Waals surface area (Å²) in [7, 11) is 0. The van der Waals surface area contributed by atoms with Gasteiger partial charge in [-0.1, -0.05) is 12.1 Å². The lowest BCUT2D eigenvalue weighted by Gasteiger charge is -2.32. The van der Waals surface area contributed by atoms with Gasteiger partial charge in [0.05, 0.1) is 11.2 Å². The van der Waals surface area contributed by atoms with Crippen LogP contribution in [0.4, 0.5) is 0 Å². The lowest BCUT2D eigenvalue weighted by molar-refractivity contribution is 0.0170. The summed E-state index contributed by atoms with van der Waals surface area (Å²) in [6.07, 6.45) is 4.55. The maximum atomic E-state index is 12.5. The molecule has 1 aromatic heterocycles. The van der Waals surface area contributed by atoms with Crippen molar-refractivity contribution in [1.82, 2.24) is 15.6 Å². The van der Waals surface area contributed by atoms with Crippen molar-refractivity contribution in [3.8, 4) is 11.1 Å². The molecule has 0 bridgehead atoms. The molecule has 7 heteroatoms. The summed E-state index contributed by atoms with van der Waals surface area (Å²) in [5.74, 6) is -0.813. The number of β-amino-alcohol motifs (C(OH)–C–C–N with tert-alkyl or cyclic N) is 1. The second kappa shape index (κ2) is 7.63. The van der Waals surface area contributed by atoms with Gasteiger partial charge in [-0.05, 0) is 43.1 Å². The Balaban J connectivity index is 1.73. The predicted molar refractivity (Wildman–Crippen MR) is 97.6 cm³/mol. The molecular formula is C19H22N4O3. The van der Waals surface area contributed by atoms with Crippen LogP contribution in [0.1, 0.15) is 33.6 Å². The minimum atomic E-state index is -0.911. The normalized spacial score (nSPS) is 19.7. The molecule has 0 saturated carbocycles. The molecular weight excluding hydrogens is 332 g/mol. The Labute approximate surface area is 151 Å². The first kappa shape index (κ1) is 18.0. The van der Waals surface area contributed by atoms with E-state index in [9.17, 15) is 14.7 Å². The molecule has 2 amide bonds. The van der Waals surface area contributed by atoms with E-state index in [0.717, 1.165) is 18.5 Å². The zero-order valence-corrected chi connectivity index (χ0v) is 14.4. The van der Waals surface area contributed by atoms with Crippen LogP contribution in [0.2, 0.25) is 0 Å². The molecule has 7 nitrogen and oxygen atoms in total. The van der Waals surface area contributed by atoms with Gasteiger partial charge in [0, 0.05) is 36.6 Å². The summed E-state index contributed by atoms with van der Waals surface area (Å²) in [5.41, 5.74) is 6.62. The number of nitrogens with zero attached hydrogens (tertiary/aromatic N) is 1. The number of hydrogen-bond acceptors (Lipinski definition) is 5. The molecule has 1 aromatic carbocycles. The van der Waals surface area contributed by atoms with Crippen LogP contribution in [-0.2, 0) is 0 Å². The average Bonchev–Trinajstić information content (AvgIpc) is 2.67. The summed E-state index contributed by atoms with van der Waals surface area (Å²) >= 11 is 0. The Kier molecular flexibility index (Phi) is 5.29. The first-order chi connectivity index (χ1) is 12.5. The molecule has 1 saturated heterocycles. The summed E-state index contributed by atoms with van der Waals surface area (Å²) in [4.78, 5) is 27.8. The maximum Gasteiger partial charge on any atom is 0.251 e. The van der Waals surface area contributed by atoms with Crippen LogP contribution in [-0.4, -0.2) is 47.1 Å². The monoisotopic (exact) mass is 354 g/mol. The summed E-state index contributed by atoms with van der Waals surface area (Å²) in [6, 6.07) is 8.66. The zero-order chi connectivity index (χ0) is 18.6. The van der Waals surface area contributed by atoms with E-state index in [0.29, 0.717) is 29.7 Å². The Morgan fingerprint density at radius 3 is 2.77 bits per heavy atom. The number of aromatic nitrogens is 1. The van der Waals surface area contributed by atoms with Crippen molar-refractivity contribution in [3.05, 3.63) is 53.9 Å². The minimum absolute atomic E-state index is 0.196. The second-order valence-electron chi connectivity index (χ2n) is 6.59. The molecule has 26 heavy (non-hydrogen) atoms. The maximum absolute atomic E-state index is 12.5. The minimum Gasteiger partial charge on any atom is -0.387 e. The molecule has 1 aliphatic heterocycles. The van der Waals surface area contributed by atoms with Crippen LogP contribution >= 0.6 is 0 Å². The first-order valence-electron chi connectivity index (χ1n) is 8.53. The van der Waals surface area contributed by atoms with Crippen molar-refractivity contribution in [2.45, 2.75) is 18.4 Å². The summed E-state index contributed by atoms with van der Waals surface area (Å²) < 4.78 is 0. The van der Waals surface area contributed by atoms with Gasteiger partial charge in [0.2, 0.25) is 5.91 Å². The number of aliphatic hydroxyl groups is 1.